The molecule has 0 aliphatic heterocycles. The van der Waals surface area contributed by atoms with E-state index in [-0.39, 0.29) is 0 Å². The highest BCUT2D eigenvalue weighted by atomic mass is 14.9. The standard InChI is InChI=1S/C15H24N2/c16-14-11-7-8-12-15(14)17-13-9-5-3-1-2-4-6-10-13/h7-8,11-13,17H,1-6,9-10,16H2. The molecule has 0 bridgehead atoms. The average Bonchev–Trinajstić information content (AvgIpc) is 2.46. The van der Waals surface area contributed by atoms with Crippen molar-refractivity contribution in [3.63, 3.8) is 0 Å². The quantitative estimate of drug-likeness (QED) is 0.750. The Morgan fingerprint density at radius 3 is 2.12 bits per heavy atom. The van der Waals surface area contributed by atoms with Gasteiger partial charge in [-0.1, -0.05) is 50.7 Å². The number of benzene rings is 1. The molecule has 0 unspecified atom stereocenters. The Bertz CT molecular complexity index is 325. The molecule has 1 aromatic rings. The molecule has 94 valence electrons. The summed E-state index contributed by atoms with van der Waals surface area (Å²) >= 11 is 0. The van der Waals surface area contributed by atoms with Crippen LogP contribution >= 0.6 is 0 Å². The lowest BCUT2D eigenvalue weighted by atomic mass is 10.0. The minimum Gasteiger partial charge on any atom is -0.397 e. The van der Waals surface area contributed by atoms with Crippen LogP contribution in [0.3, 0.4) is 0 Å². The summed E-state index contributed by atoms with van der Waals surface area (Å²) in [7, 11) is 0. The Morgan fingerprint density at radius 1 is 0.882 bits per heavy atom. The zero-order valence-electron chi connectivity index (χ0n) is 10.6. The van der Waals surface area contributed by atoms with E-state index in [4.69, 9.17) is 5.73 Å². The summed E-state index contributed by atoms with van der Waals surface area (Å²) in [6, 6.07) is 8.70. The summed E-state index contributed by atoms with van der Waals surface area (Å²) in [5.41, 5.74) is 7.95. The van der Waals surface area contributed by atoms with Gasteiger partial charge in [0, 0.05) is 6.04 Å². The van der Waals surface area contributed by atoms with E-state index in [1.165, 1.54) is 51.4 Å². The second kappa shape index (κ2) is 6.53. The van der Waals surface area contributed by atoms with Crippen LogP contribution in [-0.2, 0) is 0 Å². The van der Waals surface area contributed by atoms with Crippen molar-refractivity contribution in [2.24, 2.45) is 0 Å². The van der Waals surface area contributed by atoms with Crippen molar-refractivity contribution < 1.29 is 0 Å². The maximum atomic E-state index is 5.98. The van der Waals surface area contributed by atoms with E-state index >= 15 is 0 Å². The summed E-state index contributed by atoms with van der Waals surface area (Å²) < 4.78 is 0. The van der Waals surface area contributed by atoms with Crippen LogP contribution in [0.4, 0.5) is 11.4 Å². The fourth-order valence-electron chi connectivity index (χ4n) is 2.63. The molecule has 0 amide bonds. The molecular formula is C15H24N2. The maximum absolute atomic E-state index is 5.98. The third kappa shape index (κ3) is 3.95. The van der Waals surface area contributed by atoms with Crippen LogP contribution in [0.2, 0.25) is 0 Å². The topological polar surface area (TPSA) is 38.0 Å². The fourth-order valence-corrected chi connectivity index (χ4v) is 2.63. The first-order chi connectivity index (χ1) is 8.36. The first-order valence-electron chi connectivity index (χ1n) is 6.97. The minimum atomic E-state index is 0.609. The van der Waals surface area contributed by atoms with E-state index in [2.05, 4.69) is 11.4 Å². The van der Waals surface area contributed by atoms with Crippen LogP contribution in [0.25, 0.3) is 0 Å². The predicted molar refractivity (Wildman–Crippen MR) is 75.2 cm³/mol. The van der Waals surface area contributed by atoms with Crippen molar-refractivity contribution in [1.82, 2.24) is 0 Å². The Labute approximate surface area is 105 Å². The number of anilines is 2. The molecule has 1 aromatic carbocycles. The smallest absolute Gasteiger partial charge is 0.0576 e. The summed E-state index contributed by atoms with van der Waals surface area (Å²) in [4.78, 5) is 0. The minimum absolute atomic E-state index is 0.609. The van der Waals surface area contributed by atoms with Gasteiger partial charge in [-0.05, 0) is 25.0 Å². The lowest BCUT2D eigenvalue weighted by Gasteiger charge is -2.20. The first-order valence-corrected chi connectivity index (χ1v) is 6.97. The number of hydrogen-bond acceptors (Lipinski definition) is 2. The number of nitrogens with one attached hydrogen (secondary N) is 1. The Hall–Kier alpha value is -1.18. The SMILES string of the molecule is Nc1ccccc1NC1CCCCCCCC1. The summed E-state index contributed by atoms with van der Waals surface area (Å²) in [5, 5.41) is 3.62. The van der Waals surface area contributed by atoms with Crippen LogP contribution in [0.5, 0.6) is 0 Å². The van der Waals surface area contributed by atoms with Crippen LogP contribution in [0, 0.1) is 0 Å². The lowest BCUT2D eigenvalue weighted by molar-refractivity contribution is 0.563. The number of para-hydroxylation sites is 2. The van der Waals surface area contributed by atoms with Crippen LogP contribution in [0.15, 0.2) is 24.3 Å². The number of nitrogen functional groups attached to an aromatic ring is 1. The maximum Gasteiger partial charge on any atom is 0.0576 e. The molecule has 0 saturated heterocycles. The zero-order chi connectivity index (χ0) is 11.9. The first kappa shape index (κ1) is 12.3. The van der Waals surface area contributed by atoms with Crippen molar-refractivity contribution >= 4 is 11.4 Å². The van der Waals surface area contributed by atoms with Gasteiger partial charge in [0.25, 0.3) is 0 Å². The third-order valence-electron chi connectivity index (χ3n) is 3.68. The van der Waals surface area contributed by atoms with Gasteiger partial charge >= 0.3 is 0 Å². The fraction of sp³-hybridized carbons (Fsp3) is 0.600. The van der Waals surface area contributed by atoms with E-state index < -0.39 is 0 Å². The molecule has 1 fully saturated rings. The molecule has 2 nitrogen and oxygen atoms in total. The summed E-state index contributed by atoms with van der Waals surface area (Å²) in [5.74, 6) is 0. The van der Waals surface area contributed by atoms with Crippen molar-refractivity contribution in [1.29, 1.82) is 0 Å². The van der Waals surface area contributed by atoms with Gasteiger partial charge in [-0.25, -0.2) is 0 Å². The van der Waals surface area contributed by atoms with Gasteiger partial charge in [0.05, 0.1) is 11.4 Å². The Balaban J connectivity index is 1.93. The van der Waals surface area contributed by atoms with Crippen LogP contribution in [0.1, 0.15) is 51.4 Å². The third-order valence-corrected chi connectivity index (χ3v) is 3.68. The zero-order valence-corrected chi connectivity index (χ0v) is 10.6. The van der Waals surface area contributed by atoms with Crippen molar-refractivity contribution in [2.75, 3.05) is 11.1 Å². The molecule has 2 heteroatoms. The van der Waals surface area contributed by atoms with Gasteiger partial charge in [0.1, 0.15) is 0 Å². The highest BCUT2D eigenvalue weighted by Crippen LogP contribution is 2.23. The molecule has 1 saturated carbocycles. The van der Waals surface area contributed by atoms with Crippen molar-refractivity contribution in [2.45, 2.75) is 57.4 Å². The average molecular weight is 232 g/mol. The molecule has 1 aliphatic carbocycles. The predicted octanol–water partition coefficient (Wildman–Crippen LogP) is 4.18. The van der Waals surface area contributed by atoms with Gasteiger partial charge in [0.2, 0.25) is 0 Å². The Kier molecular flexibility index (Phi) is 4.72. The van der Waals surface area contributed by atoms with E-state index in [1.54, 1.807) is 0 Å². The van der Waals surface area contributed by atoms with E-state index in [0.29, 0.717) is 6.04 Å². The molecule has 17 heavy (non-hydrogen) atoms. The molecule has 0 atom stereocenters. The largest absolute Gasteiger partial charge is 0.397 e. The molecule has 0 radical (unpaired) electrons. The molecule has 0 spiro atoms. The number of hydrogen-bond donors (Lipinski definition) is 2. The van der Waals surface area contributed by atoms with Gasteiger partial charge < -0.3 is 11.1 Å². The highest BCUT2D eigenvalue weighted by molar-refractivity contribution is 5.65. The van der Waals surface area contributed by atoms with E-state index in [9.17, 15) is 0 Å². The van der Waals surface area contributed by atoms with Crippen LogP contribution in [-0.4, -0.2) is 6.04 Å². The summed E-state index contributed by atoms with van der Waals surface area (Å²) in [6.07, 6.45) is 10.9. The molecule has 2 rings (SSSR count). The van der Waals surface area contributed by atoms with Gasteiger partial charge in [-0.2, -0.15) is 0 Å². The molecular weight excluding hydrogens is 208 g/mol. The van der Waals surface area contributed by atoms with E-state index in [0.717, 1.165) is 11.4 Å². The molecule has 1 aliphatic rings. The van der Waals surface area contributed by atoms with Crippen LogP contribution < -0.4 is 11.1 Å². The number of nitrogens with two attached hydrogens (primary N) is 1. The van der Waals surface area contributed by atoms with Gasteiger partial charge in [-0.3, -0.25) is 0 Å². The highest BCUT2D eigenvalue weighted by Gasteiger charge is 2.11. The monoisotopic (exact) mass is 232 g/mol. The summed E-state index contributed by atoms with van der Waals surface area (Å²) in [6.45, 7) is 0. The number of rotatable bonds is 2. The normalized spacial score (nSPS) is 19.1. The van der Waals surface area contributed by atoms with Gasteiger partial charge in [-0.15, -0.1) is 0 Å². The second-order valence-electron chi connectivity index (χ2n) is 5.13. The molecule has 0 aromatic heterocycles. The molecule has 0 heterocycles. The van der Waals surface area contributed by atoms with Gasteiger partial charge in [0.15, 0.2) is 0 Å². The van der Waals surface area contributed by atoms with Crippen molar-refractivity contribution in [3.8, 4) is 0 Å². The lowest BCUT2D eigenvalue weighted by Crippen LogP contribution is -2.19. The second-order valence-corrected chi connectivity index (χ2v) is 5.13. The molecule has 3 N–H and O–H groups in total. The van der Waals surface area contributed by atoms with Crippen molar-refractivity contribution in [3.05, 3.63) is 24.3 Å². The van der Waals surface area contributed by atoms with E-state index in [1.807, 2.05) is 18.2 Å². The Morgan fingerprint density at radius 2 is 1.47 bits per heavy atom.